The van der Waals surface area contributed by atoms with Gasteiger partial charge in [-0.1, -0.05) is 19.8 Å². The lowest BCUT2D eigenvalue weighted by Gasteiger charge is -2.29. The summed E-state index contributed by atoms with van der Waals surface area (Å²) in [7, 11) is 1.85. The van der Waals surface area contributed by atoms with Crippen LogP contribution < -0.4 is 5.32 Å². The minimum Gasteiger partial charge on any atom is -0.380 e. The lowest BCUT2D eigenvalue weighted by molar-refractivity contribution is 0.0825. The summed E-state index contributed by atoms with van der Waals surface area (Å²) in [4.78, 5) is 0. The molecule has 4 atom stereocenters. The topological polar surface area (TPSA) is 21.3 Å². The molecule has 4 unspecified atom stereocenters. The molecule has 0 aromatic rings. The SMILES string of the molecule is COC1CCCC1NCC1CCCC(C)C1. The molecule has 0 saturated heterocycles. The molecule has 0 amide bonds. The molecule has 2 fully saturated rings. The quantitative estimate of drug-likeness (QED) is 0.794. The molecule has 0 radical (unpaired) electrons. The van der Waals surface area contributed by atoms with Gasteiger partial charge in [0.05, 0.1) is 6.10 Å². The van der Waals surface area contributed by atoms with Gasteiger partial charge in [0.1, 0.15) is 0 Å². The second-order valence-electron chi connectivity index (χ2n) is 5.86. The standard InChI is InChI=1S/C14H27NO/c1-11-5-3-6-12(9-11)10-15-13-7-4-8-14(13)16-2/h11-15H,3-10H2,1-2H3. The monoisotopic (exact) mass is 225 g/mol. The first kappa shape index (κ1) is 12.4. The highest BCUT2D eigenvalue weighted by Crippen LogP contribution is 2.29. The third kappa shape index (κ3) is 3.21. The molecule has 2 aliphatic carbocycles. The number of ether oxygens (including phenoxy) is 1. The normalized spacial score (nSPS) is 40.1. The van der Waals surface area contributed by atoms with Crippen LogP contribution in [0, 0.1) is 11.8 Å². The summed E-state index contributed by atoms with van der Waals surface area (Å²) in [6, 6.07) is 0.627. The first-order chi connectivity index (χ1) is 7.79. The Bertz CT molecular complexity index is 207. The summed E-state index contributed by atoms with van der Waals surface area (Å²) < 4.78 is 5.52. The van der Waals surface area contributed by atoms with E-state index in [-0.39, 0.29) is 0 Å². The molecule has 1 N–H and O–H groups in total. The molecule has 2 heteroatoms. The van der Waals surface area contributed by atoms with Crippen molar-refractivity contribution in [1.82, 2.24) is 5.32 Å². The zero-order valence-corrected chi connectivity index (χ0v) is 10.9. The van der Waals surface area contributed by atoms with Crippen LogP contribution in [0.5, 0.6) is 0 Å². The zero-order valence-electron chi connectivity index (χ0n) is 10.9. The van der Waals surface area contributed by atoms with Gasteiger partial charge in [0.2, 0.25) is 0 Å². The number of hydrogen-bond acceptors (Lipinski definition) is 2. The second-order valence-corrected chi connectivity index (χ2v) is 5.86. The Morgan fingerprint density at radius 3 is 2.69 bits per heavy atom. The fourth-order valence-electron chi connectivity index (χ4n) is 3.50. The van der Waals surface area contributed by atoms with E-state index in [2.05, 4.69) is 12.2 Å². The lowest BCUT2D eigenvalue weighted by atomic mass is 9.82. The Morgan fingerprint density at radius 1 is 1.12 bits per heavy atom. The molecule has 2 nitrogen and oxygen atoms in total. The van der Waals surface area contributed by atoms with E-state index in [1.54, 1.807) is 0 Å². The number of rotatable bonds is 4. The van der Waals surface area contributed by atoms with Crippen molar-refractivity contribution in [1.29, 1.82) is 0 Å². The summed E-state index contributed by atoms with van der Waals surface area (Å²) in [5.41, 5.74) is 0. The lowest BCUT2D eigenvalue weighted by Crippen LogP contribution is -2.40. The first-order valence-corrected chi connectivity index (χ1v) is 7.05. The van der Waals surface area contributed by atoms with Gasteiger partial charge in [-0.3, -0.25) is 0 Å². The van der Waals surface area contributed by atoms with Gasteiger partial charge in [-0.05, 0) is 50.5 Å². The van der Waals surface area contributed by atoms with Crippen molar-refractivity contribution in [3.63, 3.8) is 0 Å². The highest BCUT2D eigenvalue weighted by Gasteiger charge is 2.27. The highest BCUT2D eigenvalue weighted by molar-refractivity contribution is 4.85. The van der Waals surface area contributed by atoms with E-state index in [0.29, 0.717) is 12.1 Å². The molecule has 94 valence electrons. The Morgan fingerprint density at radius 2 is 1.94 bits per heavy atom. The third-order valence-electron chi connectivity index (χ3n) is 4.47. The molecule has 0 spiro atoms. The average Bonchev–Trinajstić information content (AvgIpc) is 2.74. The third-order valence-corrected chi connectivity index (χ3v) is 4.47. The summed E-state index contributed by atoms with van der Waals surface area (Å²) in [6.45, 7) is 3.62. The Balaban J connectivity index is 1.70. The van der Waals surface area contributed by atoms with E-state index < -0.39 is 0 Å². The molecule has 0 bridgehead atoms. The van der Waals surface area contributed by atoms with E-state index in [1.165, 1.54) is 51.5 Å². The maximum atomic E-state index is 5.52. The van der Waals surface area contributed by atoms with Crippen molar-refractivity contribution in [2.75, 3.05) is 13.7 Å². The summed E-state index contributed by atoms with van der Waals surface area (Å²) in [5, 5.41) is 3.75. The van der Waals surface area contributed by atoms with E-state index in [1.807, 2.05) is 7.11 Å². The number of methoxy groups -OCH3 is 1. The van der Waals surface area contributed by atoms with E-state index in [0.717, 1.165) is 11.8 Å². The van der Waals surface area contributed by atoms with Crippen LogP contribution in [0.2, 0.25) is 0 Å². The fourth-order valence-corrected chi connectivity index (χ4v) is 3.50. The summed E-state index contributed by atoms with van der Waals surface area (Å²) >= 11 is 0. The van der Waals surface area contributed by atoms with Crippen LogP contribution >= 0.6 is 0 Å². The van der Waals surface area contributed by atoms with Gasteiger partial charge in [-0.2, -0.15) is 0 Å². The smallest absolute Gasteiger partial charge is 0.0724 e. The van der Waals surface area contributed by atoms with E-state index in [9.17, 15) is 0 Å². The van der Waals surface area contributed by atoms with Crippen LogP contribution in [0.3, 0.4) is 0 Å². The summed E-state index contributed by atoms with van der Waals surface area (Å²) in [5.74, 6) is 1.87. The van der Waals surface area contributed by atoms with Crippen molar-refractivity contribution in [2.45, 2.75) is 64.0 Å². The molecule has 16 heavy (non-hydrogen) atoms. The summed E-state index contributed by atoms with van der Waals surface area (Å²) in [6.07, 6.45) is 10.1. The van der Waals surface area contributed by atoms with Crippen molar-refractivity contribution < 1.29 is 4.74 Å². The molecule has 2 aliphatic rings. The largest absolute Gasteiger partial charge is 0.380 e. The van der Waals surface area contributed by atoms with Crippen molar-refractivity contribution in [2.24, 2.45) is 11.8 Å². The fraction of sp³-hybridized carbons (Fsp3) is 1.00. The zero-order chi connectivity index (χ0) is 11.4. The van der Waals surface area contributed by atoms with E-state index in [4.69, 9.17) is 4.74 Å². The van der Waals surface area contributed by atoms with Crippen molar-refractivity contribution >= 4 is 0 Å². The maximum absolute atomic E-state index is 5.52. The first-order valence-electron chi connectivity index (χ1n) is 7.05. The Kier molecular flexibility index (Phi) is 4.66. The molecule has 0 aromatic carbocycles. The molecule has 0 heterocycles. The Hall–Kier alpha value is -0.0800. The minimum atomic E-state index is 0.473. The number of hydrogen-bond donors (Lipinski definition) is 1. The number of nitrogens with one attached hydrogen (secondary N) is 1. The molecule has 0 aliphatic heterocycles. The predicted molar refractivity (Wildman–Crippen MR) is 67.6 cm³/mol. The highest BCUT2D eigenvalue weighted by atomic mass is 16.5. The van der Waals surface area contributed by atoms with Gasteiger partial charge >= 0.3 is 0 Å². The van der Waals surface area contributed by atoms with Crippen LogP contribution in [0.1, 0.15) is 51.9 Å². The molecular formula is C14H27NO. The van der Waals surface area contributed by atoms with Crippen LogP contribution in [0.25, 0.3) is 0 Å². The van der Waals surface area contributed by atoms with Gasteiger partial charge in [0.25, 0.3) is 0 Å². The van der Waals surface area contributed by atoms with Gasteiger partial charge in [0.15, 0.2) is 0 Å². The van der Waals surface area contributed by atoms with Crippen LogP contribution in [-0.2, 0) is 4.74 Å². The van der Waals surface area contributed by atoms with Crippen molar-refractivity contribution in [3.8, 4) is 0 Å². The predicted octanol–water partition coefficient (Wildman–Crippen LogP) is 2.97. The van der Waals surface area contributed by atoms with E-state index >= 15 is 0 Å². The van der Waals surface area contributed by atoms with Gasteiger partial charge in [-0.15, -0.1) is 0 Å². The maximum Gasteiger partial charge on any atom is 0.0724 e. The van der Waals surface area contributed by atoms with Gasteiger partial charge in [-0.25, -0.2) is 0 Å². The van der Waals surface area contributed by atoms with Crippen LogP contribution in [-0.4, -0.2) is 25.8 Å². The van der Waals surface area contributed by atoms with Crippen molar-refractivity contribution in [3.05, 3.63) is 0 Å². The van der Waals surface area contributed by atoms with Gasteiger partial charge < -0.3 is 10.1 Å². The Labute approximate surface area is 100 Å². The molecule has 2 rings (SSSR count). The van der Waals surface area contributed by atoms with Crippen LogP contribution in [0.4, 0.5) is 0 Å². The molecular weight excluding hydrogens is 198 g/mol. The molecule has 0 aromatic heterocycles. The average molecular weight is 225 g/mol. The second kappa shape index (κ2) is 6.02. The van der Waals surface area contributed by atoms with Crippen LogP contribution in [0.15, 0.2) is 0 Å². The minimum absolute atomic E-state index is 0.473. The molecule has 2 saturated carbocycles. The van der Waals surface area contributed by atoms with Gasteiger partial charge in [0, 0.05) is 13.2 Å².